The van der Waals surface area contributed by atoms with Crippen LogP contribution in [-0.4, -0.2) is 82.5 Å². The first-order valence-corrected chi connectivity index (χ1v) is 12.2. The fourth-order valence-corrected chi connectivity index (χ4v) is 5.42. The molecule has 0 N–H and O–H groups in total. The summed E-state index contributed by atoms with van der Waals surface area (Å²) in [5, 5.41) is 4.29. The fraction of sp³-hybridized carbons (Fsp3) is 0.429. The number of hydrogen-bond donors (Lipinski definition) is 0. The molecule has 2 aliphatic heterocycles. The highest BCUT2D eigenvalue weighted by Crippen LogP contribution is 2.33. The van der Waals surface area contributed by atoms with Gasteiger partial charge in [0.15, 0.2) is 11.5 Å². The predicted octanol–water partition coefficient (Wildman–Crippen LogP) is 1.05. The van der Waals surface area contributed by atoms with Crippen LogP contribution in [0.2, 0.25) is 0 Å². The maximum Gasteiger partial charge on any atom is 0.293 e. The van der Waals surface area contributed by atoms with E-state index in [1.807, 2.05) is 19.9 Å². The van der Waals surface area contributed by atoms with Crippen LogP contribution in [0.15, 0.2) is 29.2 Å². The summed E-state index contributed by atoms with van der Waals surface area (Å²) in [5.74, 6) is 1.05. The van der Waals surface area contributed by atoms with Crippen LogP contribution in [0.3, 0.4) is 0 Å². The van der Waals surface area contributed by atoms with E-state index in [-0.39, 0.29) is 42.8 Å². The van der Waals surface area contributed by atoms with Crippen molar-refractivity contribution in [3.8, 4) is 11.5 Å². The molecule has 0 bridgehead atoms. The molecular formula is C21H24N6O5S. The molecule has 4 heterocycles. The number of carbonyl (C=O) groups excluding carboxylic acids is 1. The molecule has 2 aliphatic rings. The standard InChI is InChI=1S/C21H24N6O5S/c1-14-12-15(2)27-21(22-14)23-19(24-27)20(28)25-6-8-26(9-7-25)33(29,30)16-4-5-17-18(13-16)32-11-3-10-31-17/h4-5,12-13H,3,6-11H2,1-2H3. The van der Waals surface area contributed by atoms with Crippen LogP contribution in [0, 0.1) is 13.8 Å². The summed E-state index contributed by atoms with van der Waals surface area (Å²) in [6, 6.07) is 6.52. The second-order valence-electron chi connectivity index (χ2n) is 8.04. The molecule has 0 aliphatic carbocycles. The molecule has 1 fully saturated rings. The van der Waals surface area contributed by atoms with Crippen LogP contribution in [-0.2, 0) is 10.0 Å². The number of rotatable bonds is 3. The number of ether oxygens (including phenoxy) is 2. The van der Waals surface area contributed by atoms with Crippen molar-refractivity contribution < 1.29 is 22.7 Å². The number of nitrogens with zero attached hydrogens (tertiary/aromatic N) is 6. The lowest BCUT2D eigenvalue weighted by molar-refractivity contribution is 0.0686. The lowest BCUT2D eigenvalue weighted by atomic mass is 10.3. The van der Waals surface area contributed by atoms with Crippen LogP contribution in [0.25, 0.3) is 5.78 Å². The van der Waals surface area contributed by atoms with E-state index < -0.39 is 10.0 Å². The summed E-state index contributed by atoms with van der Waals surface area (Å²) in [6.07, 6.45) is 0.739. The zero-order valence-corrected chi connectivity index (χ0v) is 19.2. The molecule has 1 amide bonds. The van der Waals surface area contributed by atoms with Gasteiger partial charge in [0.25, 0.3) is 11.7 Å². The van der Waals surface area contributed by atoms with E-state index in [1.54, 1.807) is 11.0 Å². The highest BCUT2D eigenvalue weighted by Gasteiger charge is 2.32. The number of carbonyl (C=O) groups is 1. The van der Waals surface area contributed by atoms with Gasteiger partial charge in [-0.05, 0) is 32.0 Å². The van der Waals surface area contributed by atoms with Gasteiger partial charge in [-0.2, -0.15) is 9.29 Å². The predicted molar refractivity (Wildman–Crippen MR) is 117 cm³/mol. The van der Waals surface area contributed by atoms with Crippen molar-refractivity contribution in [3.63, 3.8) is 0 Å². The van der Waals surface area contributed by atoms with Crippen molar-refractivity contribution in [1.29, 1.82) is 0 Å². The topological polar surface area (TPSA) is 119 Å². The minimum absolute atomic E-state index is 0.0513. The Bertz CT molecular complexity index is 1330. The molecule has 0 unspecified atom stereocenters. The second kappa shape index (κ2) is 8.27. The number of hydrogen-bond acceptors (Lipinski definition) is 8. The summed E-state index contributed by atoms with van der Waals surface area (Å²) in [6.45, 7) is 5.56. The van der Waals surface area contributed by atoms with E-state index in [2.05, 4.69) is 15.1 Å². The van der Waals surface area contributed by atoms with Crippen molar-refractivity contribution in [2.45, 2.75) is 25.2 Å². The van der Waals surface area contributed by atoms with Gasteiger partial charge in [-0.3, -0.25) is 4.79 Å². The number of sulfonamides is 1. The molecule has 1 saturated heterocycles. The van der Waals surface area contributed by atoms with Gasteiger partial charge in [0.1, 0.15) is 0 Å². The van der Waals surface area contributed by atoms with Gasteiger partial charge in [-0.25, -0.2) is 17.9 Å². The van der Waals surface area contributed by atoms with Gasteiger partial charge in [0.2, 0.25) is 15.8 Å². The Balaban J connectivity index is 1.30. The Morgan fingerprint density at radius 2 is 1.70 bits per heavy atom. The first-order valence-electron chi connectivity index (χ1n) is 10.7. The number of aromatic nitrogens is 4. The average Bonchev–Trinajstić information content (AvgIpc) is 3.09. The molecule has 0 saturated carbocycles. The Labute approximate surface area is 191 Å². The number of fused-ring (bicyclic) bond motifs is 2. The minimum Gasteiger partial charge on any atom is -0.490 e. The zero-order chi connectivity index (χ0) is 23.2. The summed E-state index contributed by atoms with van der Waals surface area (Å²) in [4.78, 5) is 23.2. The van der Waals surface area contributed by atoms with Crippen molar-refractivity contribution >= 4 is 21.7 Å². The SMILES string of the molecule is Cc1cc(C)n2nc(C(=O)N3CCN(S(=O)(=O)c4ccc5c(c4)OCCCO5)CC3)nc2n1. The highest BCUT2D eigenvalue weighted by molar-refractivity contribution is 7.89. The quantitative estimate of drug-likeness (QED) is 0.555. The molecule has 5 rings (SSSR count). The van der Waals surface area contributed by atoms with Crippen molar-refractivity contribution in [2.75, 3.05) is 39.4 Å². The Kier molecular flexibility index (Phi) is 5.41. The molecular weight excluding hydrogens is 448 g/mol. The summed E-state index contributed by atoms with van der Waals surface area (Å²) >= 11 is 0. The van der Waals surface area contributed by atoms with Crippen LogP contribution in [0.4, 0.5) is 0 Å². The van der Waals surface area contributed by atoms with Gasteiger partial charge in [0, 0.05) is 50.1 Å². The van der Waals surface area contributed by atoms with E-state index >= 15 is 0 Å². The number of piperazine rings is 1. The number of amides is 1. The summed E-state index contributed by atoms with van der Waals surface area (Å²) in [7, 11) is -3.74. The van der Waals surface area contributed by atoms with E-state index in [0.29, 0.717) is 30.5 Å². The smallest absolute Gasteiger partial charge is 0.293 e. The molecule has 174 valence electrons. The third-order valence-electron chi connectivity index (χ3n) is 5.69. The molecule has 1 aromatic carbocycles. The van der Waals surface area contributed by atoms with Crippen molar-refractivity contribution in [3.05, 3.63) is 41.5 Å². The fourth-order valence-electron chi connectivity index (χ4n) is 3.98. The van der Waals surface area contributed by atoms with Gasteiger partial charge in [-0.15, -0.1) is 5.10 Å². The van der Waals surface area contributed by atoms with E-state index in [0.717, 1.165) is 17.8 Å². The Morgan fingerprint density at radius 3 is 2.45 bits per heavy atom. The lowest BCUT2D eigenvalue weighted by Crippen LogP contribution is -2.50. The maximum atomic E-state index is 13.2. The highest BCUT2D eigenvalue weighted by atomic mass is 32.2. The third kappa shape index (κ3) is 4.00. The summed E-state index contributed by atoms with van der Waals surface area (Å²) in [5.41, 5.74) is 1.62. The first-order chi connectivity index (χ1) is 15.8. The molecule has 0 spiro atoms. The third-order valence-corrected chi connectivity index (χ3v) is 7.59. The second-order valence-corrected chi connectivity index (χ2v) is 9.98. The summed E-state index contributed by atoms with van der Waals surface area (Å²) < 4.78 is 40.5. The first kappa shape index (κ1) is 21.6. The molecule has 33 heavy (non-hydrogen) atoms. The van der Waals surface area contributed by atoms with Crippen LogP contribution >= 0.6 is 0 Å². The van der Waals surface area contributed by atoms with Crippen molar-refractivity contribution in [1.82, 2.24) is 28.8 Å². The molecule has 0 radical (unpaired) electrons. The number of aryl methyl sites for hydroxylation is 2. The van der Waals surface area contributed by atoms with Crippen LogP contribution < -0.4 is 9.47 Å². The zero-order valence-electron chi connectivity index (χ0n) is 18.4. The van der Waals surface area contributed by atoms with Gasteiger partial charge in [-0.1, -0.05) is 0 Å². The van der Waals surface area contributed by atoms with Crippen molar-refractivity contribution in [2.24, 2.45) is 0 Å². The van der Waals surface area contributed by atoms with E-state index in [1.165, 1.54) is 21.0 Å². The molecule has 2 aromatic heterocycles. The normalized spacial score (nSPS) is 17.2. The number of benzene rings is 1. The van der Waals surface area contributed by atoms with Crippen LogP contribution in [0.5, 0.6) is 11.5 Å². The minimum atomic E-state index is -3.74. The lowest BCUT2D eigenvalue weighted by Gasteiger charge is -2.33. The molecule has 3 aromatic rings. The van der Waals surface area contributed by atoms with E-state index in [4.69, 9.17) is 9.47 Å². The van der Waals surface area contributed by atoms with Gasteiger partial charge in [0.05, 0.1) is 18.1 Å². The Morgan fingerprint density at radius 1 is 0.970 bits per heavy atom. The average molecular weight is 473 g/mol. The Hall–Kier alpha value is -3.25. The molecule has 0 atom stereocenters. The van der Waals surface area contributed by atoms with Gasteiger partial charge < -0.3 is 14.4 Å². The molecule has 12 heteroatoms. The largest absolute Gasteiger partial charge is 0.490 e. The monoisotopic (exact) mass is 472 g/mol. The van der Waals surface area contributed by atoms with E-state index in [9.17, 15) is 13.2 Å². The van der Waals surface area contributed by atoms with Crippen LogP contribution in [0.1, 0.15) is 28.4 Å². The molecule has 11 nitrogen and oxygen atoms in total. The maximum absolute atomic E-state index is 13.2. The van der Waals surface area contributed by atoms with Gasteiger partial charge >= 0.3 is 0 Å².